The Kier molecular flexibility index (Phi) is 5.69. The van der Waals surface area contributed by atoms with E-state index in [0.717, 1.165) is 5.56 Å². The van der Waals surface area contributed by atoms with Crippen molar-refractivity contribution in [3.05, 3.63) is 65.2 Å². The molecule has 2 aromatic carbocycles. The van der Waals surface area contributed by atoms with Crippen molar-refractivity contribution in [2.75, 3.05) is 13.2 Å². The molecule has 0 bridgehead atoms. The molecular formula is C17H14ClNO2. The fourth-order valence-electron chi connectivity index (χ4n) is 1.57. The first-order valence-electron chi connectivity index (χ1n) is 6.43. The highest BCUT2D eigenvalue weighted by Crippen LogP contribution is 2.22. The van der Waals surface area contributed by atoms with Crippen LogP contribution in [0, 0.1) is 11.8 Å². The van der Waals surface area contributed by atoms with E-state index in [1.54, 1.807) is 24.3 Å². The molecule has 0 aliphatic carbocycles. The standard InChI is InChI=1S/C17H14ClNO2/c18-15-10-4-5-11-16(15)21-13-17(20)19-12-6-9-14-7-2-1-3-8-14/h1-5,7-8,10-11H,12-13H2,(H,19,20). The highest BCUT2D eigenvalue weighted by Gasteiger charge is 2.03. The van der Waals surface area contributed by atoms with E-state index in [0.29, 0.717) is 10.8 Å². The molecule has 0 unspecified atom stereocenters. The normalized spacial score (nSPS) is 9.38. The van der Waals surface area contributed by atoms with Gasteiger partial charge in [0.2, 0.25) is 0 Å². The van der Waals surface area contributed by atoms with E-state index in [9.17, 15) is 4.79 Å². The van der Waals surface area contributed by atoms with Gasteiger partial charge in [0.05, 0.1) is 11.6 Å². The smallest absolute Gasteiger partial charge is 0.258 e. The van der Waals surface area contributed by atoms with Gasteiger partial charge in [0.25, 0.3) is 5.91 Å². The van der Waals surface area contributed by atoms with Gasteiger partial charge in [0.15, 0.2) is 6.61 Å². The SMILES string of the molecule is O=C(COc1ccccc1Cl)NCC#Cc1ccccc1. The van der Waals surface area contributed by atoms with Crippen molar-refractivity contribution in [3.63, 3.8) is 0 Å². The zero-order chi connectivity index (χ0) is 14.9. The third kappa shape index (κ3) is 5.21. The Labute approximate surface area is 128 Å². The minimum absolute atomic E-state index is 0.0866. The van der Waals surface area contributed by atoms with Crippen LogP contribution < -0.4 is 10.1 Å². The van der Waals surface area contributed by atoms with Crippen LogP contribution in [0.15, 0.2) is 54.6 Å². The lowest BCUT2D eigenvalue weighted by Gasteiger charge is -2.06. The maximum Gasteiger partial charge on any atom is 0.258 e. The summed E-state index contributed by atoms with van der Waals surface area (Å²) in [7, 11) is 0. The van der Waals surface area contributed by atoms with E-state index in [4.69, 9.17) is 16.3 Å². The fourth-order valence-corrected chi connectivity index (χ4v) is 1.76. The molecule has 106 valence electrons. The zero-order valence-electron chi connectivity index (χ0n) is 11.3. The molecular weight excluding hydrogens is 286 g/mol. The summed E-state index contributed by atoms with van der Waals surface area (Å²) in [6, 6.07) is 16.6. The summed E-state index contributed by atoms with van der Waals surface area (Å²) < 4.78 is 5.32. The van der Waals surface area contributed by atoms with E-state index >= 15 is 0 Å². The lowest BCUT2D eigenvalue weighted by molar-refractivity contribution is -0.122. The maximum atomic E-state index is 11.6. The lowest BCUT2D eigenvalue weighted by Crippen LogP contribution is -2.29. The van der Waals surface area contributed by atoms with Crippen molar-refractivity contribution in [2.24, 2.45) is 0 Å². The molecule has 0 heterocycles. The molecule has 0 aliphatic heterocycles. The lowest BCUT2D eigenvalue weighted by atomic mass is 10.2. The molecule has 3 nitrogen and oxygen atoms in total. The summed E-state index contributed by atoms with van der Waals surface area (Å²) in [5.74, 6) is 6.09. The molecule has 0 spiro atoms. The Hall–Kier alpha value is -2.44. The summed E-state index contributed by atoms with van der Waals surface area (Å²) >= 11 is 5.92. The van der Waals surface area contributed by atoms with Crippen LogP contribution >= 0.6 is 11.6 Å². The van der Waals surface area contributed by atoms with E-state index in [1.165, 1.54) is 0 Å². The monoisotopic (exact) mass is 299 g/mol. The third-order valence-corrected chi connectivity index (χ3v) is 2.89. The molecule has 2 rings (SSSR count). The summed E-state index contributed by atoms with van der Waals surface area (Å²) in [5.41, 5.74) is 0.916. The summed E-state index contributed by atoms with van der Waals surface area (Å²) in [6.07, 6.45) is 0. The molecule has 0 atom stereocenters. The van der Waals surface area contributed by atoms with Crippen LogP contribution in [0.2, 0.25) is 5.02 Å². The summed E-state index contributed by atoms with van der Waals surface area (Å²) in [4.78, 5) is 11.6. The highest BCUT2D eigenvalue weighted by molar-refractivity contribution is 6.32. The van der Waals surface area contributed by atoms with Crippen LogP contribution in [0.1, 0.15) is 5.56 Å². The van der Waals surface area contributed by atoms with Gasteiger partial charge in [-0.3, -0.25) is 4.79 Å². The largest absolute Gasteiger partial charge is 0.482 e. The first kappa shape index (κ1) is 15.0. The Morgan fingerprint density at radius 3 is 2.57 bits per heavy atom. The fraction of sp³-hybridized carbons (Fsp3) is 0.118. The van der Waals surface area contributed by atoms with Gasteiger partial charge in [0.1, 0.15) is 5.75 Å². The van der Waals surface area contributed by atoms with Crippen molar-refractivity contribution in [3.8, 4) is 17.6 Å². The molecule has 2 aromatic rings. The number of para-hydroxylation sites is 1. The number of amides is 1. The number of carbonyl (C=O) groups excluding carboxylic acids is 1. The van der Waals surface area contributed by atoms with Gasteiger partial charge in [-0.05, 0) is 24.3 Å². The van der Waals surface area contributed by atoms with Crippen molar-refractivity contribution in [1.29, 1.82) is 0 Å². The van der Waals surface area contributed by atoms with Gasteiger partial charge in [0, 0.05) is 5.56 Å². The molecule has 0 aromatic heterocycles. The van der Waals surface area contributed by atoms with Gasteiger partial charge in [-0.25, -0.2) is 0 Å². The Morgan fingerprint density at radius 1 is 1.10 bits per heavy atom. The minimum atomic E-state index is -0.239. The molecule has 1 N–H and O–H groups in total. The van der Waals surface area contributed by atoms with Crippen molar-refractivity contribution in [1.82, 2.24) is 5.32 Å². The molecule has 0 saturated heterocycles. The van der Waals surface area contributed by atoms with Gasteiger partial charge in [-0.2, -0.15) is 0 Å². The molecule has 0 radical (unpaired) electrons. The van der Waals surface area contributed by atoms with Crippen LogP contribution in [0.25, 0.3) is 0 Å². The predicted octanol–water partition coefficient (Wildman–Crippen LogP) is 2.89. The number of nitrogens with one attached hydrogen (secondary N) is 1. The van der Waals surface area contributed by atoms with Crippen LogP contribution in [0.3, 0.4) is 0 Å². The van der Waals surface area contributed by atoms with E-state index < -0.39 is 0 Å². The van der Waals surface area contributed by atoms with Crippen molar-refractivity contribution in [2.45, 2.75) is 0 Å². The molecule has 0 aliphatic rings. The second-order valence-electron chi connectivity index (χ2n) is 4.16. The van der Waals surface area contributed by atoms with Gasteiger partial charge in [-0.1, -0.05) is 53.8 Å². The minimum Gasteiger partial charge on any atom is -0.482 e. The Morgan fingerprint density at radius 2 is 1.81 bits per heavy atom. The second-order valence-corrected chi connectivity index (χ2v) is 4.57. The number of benzene rings is 2. The van der Waals surface area contributed by atoms with Crippen LogP contribution in [-0.2, 0) is 4.79 Å². The number of rotatable bonds is 4. The van der Waals surface area contributed by atoms with Gasteiger partial charge < -0.3 is 10.1 Å². The number of ether oxygens (including phenoxy) is 1. The van der Waals surface area contributed by atoms with Crippen LogP contribution in [0.4, 0.5) is 0 Å². The third-order valence-electron chi connectivity index (χ3n) is 2.58. The predicted molar refractivity (Wildman–Crippen MR) is 83.3 cm³/mol. The molecule has 0 fully saturated rings. The topological polar surface area (TPSA) is 38.3 Å². The highest BCUT2D eigenvalue weighted by atomic mass is 35.5. The summed E-state index contributed by atoms with van der Waals surface area (Å²) in [5, 5.41) is 3.14. The maximum absolute atomic E-state index is 11.6. The first-order valence-corrected chi connectivity index (χ1v) is 6.81. The molecule has 21 heavy (non-hydrogen) atoms. The van der Waals surface area contributed by atoms with Crippen LogP contribution in [0.5, 0.6) is 5.75 Å². The number of halogens is 1. The molecule has 0 saturated carbocycles. The second kappa shape index (κ2) is 7.98. The average molecular weight is 300 g/mol. The first-order chi connectivity index (χ1) is 10.3. The van der Waals surface area contributed by atoms with Gasteiger partial charge in [-0.15, -0.1) is 0 Å². The van der Waals surface area contributed by atoms with Crippen molar-refractivity contribution >= 4 is 17.5 Å². The van der Waals surface area contributed by atoms with Gasteiger partial charge >= 0.3 is 0 Å². The Balaban J connectivity index is 1.74. The number of carbonyl (C=O) groups is 1. The van der Waals surface area contributed by atoms with Crippen molar-refractivity contribution < 1.29 is 9.53 Å². The van der Waals surface area contributed by atoms with E-state index in [1.807, 2.05) is 30.3 Å². The average Bonchev–Trinajstić information content (AvgIpc) is 2.52. The molecule has 1 amide bonds. The van der Waals surface area contributed by atoms with E-state index in [-0.39, 0.29) is 19.1 Å². The van der Waals surface area contributed by atoms with E-state index in [2.05, 4.69) is 17.2 Å². The summed E-state index contributed by atoms with van der Waals surface area (Å²) in [6.45, 7) is 0.191. The number of hydrogen-bond acceptors (Lipinski definition) is 2. The number of hydrogen-bond donors (Lipinski definition) is 1. The van der Waals surface area contributed by atoms with Crippen LogP contribution in [-0.4, -0.2) is 19.1 Å². The Bertz CT molecular complexity index is 659. The molecule has 4 heteroatoms. The zero-order valence-corrected chi connectivity index (χ0v) is 12.1. The quantitative estimate of drug-likeness (QED) is 0.882.